The molecule has 1 aliphatic rings. The zero-order valence-corrected chi connectivity index (χ0v) is 8.83. The van der Waals surface area contributed by atoms with Crippen molar-refractivity contribution in [2.75, 3.05) is 14.2 Å². The third kappa shape index (κ3) is 2.42. The lowest BCUT2D eigenvalue weighted by Crippen LogP contribution is -2.44. The number of thiol groups is 1. The molecule has 0 N–H and O–H groups in total. The Morgan fingerprint density at radius 1 is 1.08 bits per heavy atom. The van der Waals surface area contributed by atoms with Crippen molar-refractivity contribution in [2.45, 2.75) is 36.7 Å². The number of rotatable bonds is 3. The molecule has 78 valence electrons. The van der Waals surface area contributed by atoms with Gasteiger partial charge in [0.25, 0.3) is 0 Å². The van der Waals surface area contributed by atoms with E-state index in [1.165, 1.54) is 0 Å². The second-order valence-corrected chi connectivity index (χ2v) is 4.42. The molecule has 1 rings (SSSR count). The van der Waals surface area contributed by atoms with Crippen molar-refractivity contribution in [2.24, 2.45) is 0 Å². The average Bonchev–Trinajstić information content (AvgIpc) is 2.16. The molecule has 4 nitrogen and oxygen atoms in total. The zero-order valence-electron chi connectivity index (χ0n) is 7.93. The molecule has 0 radical (unpaired) electrons. The van der Waals surface area contributed by atoms with Crippen LogP contribution >= 0.6 is 0 Å². The van der Waals surface area contributed by atoms with Crippen molar-refractivity contribution in [1.29, 1.82) is 0 Å². The van der Waals surface area contributed by atoms with E-state index in [9.17, 15) is 8.42 Å². The molecule has 0 aromatic carbocycles. The van der Waals surface area contributed by atoms with Gasteiger partial charge in [0, 0.05) is 14.2 Å². The molecule has 1 aliphatic carbocycles. The number of ether oxygens (including phenoxy) is 2. The molecule has 0 bridgehead atoms. The number of methoxy groups -OCH3 is 2. The molecule has 0 saturated heterocycles. The van der Waals surface area contributed by atoms with Crippen LogP contribution in [0.2, 0.25) is 0 Å². The van der Waals surface area contributed by atoms with E-state index in [0.29, 0.717) is 0 Å². The van der Waals surface area contributed by atoms with Gasteiger partial charge in [0.15, 0.2) is 0 Å². The first-order chi connectivity index (χ1) is 6.20. The van der Waals surface area contributed by atoms with Crippen molar-refractivity contribution >= 4 is 10.7 Å². The van der Waals surface area contributed by atoms with Gasteiger partial charge in [-0.2, -0.15) is 0 Å². The van der Waals surface area contributed by atoms with Crippen LogP contribution in [0.3, 0.4) is 0 Å². The smallest absolute Gasteiger partial charge is 0.148 e. The molecule has 0 amide bonds. The summed E-state index contributed by atoms with van der Waals surface area (Å²) in [6.45, 7) is 0. The Morgan fingerprint density at radius 2 is 1.54 bits per heavy atom. The maximum atomic E-state index is 11.0. The minimum Gasteiger partial charge on any atom is -0.380 e. The summed E-state index contributed by atoms with van der Waals surface area (Å²) < 4.78 is 32.2. The summed E-state index contributed by atoms with van der Waals surface area (Å²) >= 11 is 0. The number of hydrogen-bond acceptors (Lipinski definition) is 4. The first kappa shape index (κ1) is 10.9. The normalized spacial score (nSPS) is 35.2. The van der Waals surface area contributed by atoms with E-state index < -0.39 is 16.0 Å². The maximum absolute atomic E-state index is 11.0. The Balaban J connectivity index is 2.75. The fraction of sp³-hybridized carbons (Fsp3) is 1.00. The fourth-order valence-electron chi connectivity index (χ4n) is 1.89. The Kier molecular flexibility index (Phi) is 4.15. The summed E-state index contributed by atoms with van der Waals surface area (Å²) in [6, 6.07) is 0. The first-order valence-electron chi connectivity index (χ1n) is 4.39. The monoisotopic (exact) mass is 208 g/mol. The van der Waals surface area contributed by atoms with Crippen LogP contribution in [0.1, 0.15) is 19.3 Å². The van der Waals surface area contributed by atoms with Gasteiger partial charge in [0.2, 0.25) is 0 Å². The van der Waals surface area contributed by atoms with Gasteiger partial charge in [0.05, 0.1) is 12.2 Å². The molecule has 2 unspecified atom stereocenters. The standard InChI is InChI=1S/C8H16O4S/c1-11-6-4-3-5-7(12-2)8(6)13(9)10/h6-8,13H,3-5H2,1-2H3. The highest BCUT2D eigenvalue weighted by Crippen LogP contribution is 2.25. The lowest BCUT2D eigenvalue weighted by atomic mass is 9.94. The molecule has 0 heterocycles. The molecule has 1 saturated carbocycles. The largest absolute Gasteiger partial charge is 0.380 e. The Labute approximate surface area is 80.2 Å². The van der Waals surface area contributed by atoms with Gasteiger partial charge in [-0.05, 0) is 19.3 Å². The molecular weight excluding hydrogens is 192 g/mol. The van der Waals surface area contributed by atoms with Gasteiger partial charge >= 0.3 is 0 Å². The molecule has 5 heteroatoms. The van der Waals surface area contributed by atoms with Crippen molar-refractivity contribution in [3.63, 3.8) is 0 Å². The van der Waals surface area contributed by atoms with Crippen molar-refractivity contribution < 1.29 is 17.9 Å². The van der Waals surface area contributed by atoms with Gasteiger partial charge in [0.1, 0.15) is 16.0 Å². The van der Waals surface area contributed by atoms with Gasteiger partial charge in [-0.15, -0.1) is 0 Å². The molecule has 0 aliphatic heterocycles. The van der Waals surface area contributed by atoms with Gasteiger partial charge in [-0.25, -0.2) is 8.42 Å². The SMILES string of the molecule is COC1CCCC(OC)C1[SH](=O)=O. The van der Waals surface area contributed by atoms with Gasteiger partial charge < -0.3 is 9.47 Å². The van der Waals surface area contributed by atoms with Crippen LogP contribution < -0.4 is 0 Å². The predicted molar refractivity (Wildman–Crippen MR) is 49.5 cm³/mol. The van der Waals surface area contributed by atoms with E-state index in [1.807, 2.05) is 0 Å². The zero-order chi connectivity index (χ0) is 9.84. The topological polar surface area (TPSA) is 52.6 Å². The minimum absolute atomic E-state index is 0.195. The van der Waals surface area contributed by atoms with Crippen LogP contribution in [0.25, 0.3) is 0 Å². The Morgan fingerprint density at radius 3 is 1.85 bits per heavy atom. The Hall–Kier alpha value is -0.130. The van der Waals surface area contributed by atoms with Crippen LogP contribution in [0.5, 0.6) is 0 Å². The predicted octanol–water partition coefficient (Wildman–Crippen LogP) is 0.180. The second kappa shape index (κ2) is 4.93. The quantitative estimate of drug-likeness (QED) is 0.672. The van der Waals surface area contributed by atoms with Crippen LogP contribution in [0.15, 0.2) is 0 Å². The van der Waals surface area contributed by atoms with Crippen molar-refractivity contribution in [3.05, 3.63) is 0 Å². The van der Waals surface area contributed by atoms with E-state index >= 15 is 0 Å². The van der Waals surface area contributed by atoms with Gasteiger partial charge in [-0.3, -0.25) is 0 Å². The lowest BCUT2D eigenvalue weighted by Gasteiger charge is -2.32. The summed E-state index contributed by atoms with van der Waals surface area (Å²) in [6.07, 6.45) is 2.20. The lowest BCUT2D eigenvalue weighted by molar-refractivity contribution is -0.00410. The molecule has 0 aromatic heterocycles. The molecule has 1 fully saturated rings. The van der Waals surface area contributed by atoms with E-state index in [-0.39, 0.29) is 12.2 Å². The summed E-state index contributed by atoms with van der Waals surface area (Å²) in [5.41, 5.74) is 0. The van der Waals surface area contributed by atoms with Crippen LogP contribution in [-0.2, 0) is 20.2 Å². The highest BCUT2D eigenvalue weighted by Gasteiger charge is 2.35. The van der Waals surface area contributed by atoms with E-state index in [0.717, 1.165) is 19.3 Å². The third-order valence-electron chi connectivity index (χ3n) is 2.59. The van der Waals surface area contributed by atoms with E-state index in [1.54, 1.807) is 14.2 Å². The summed E-state index contributed by atoms with van der Waals surface area (Å²) in [5, 5.41) is -0.473. The van der Waals surface area contributed by atoms with E-state index in [4.69, 9.17) is 9.47 Å². The molecule has 0 aromatic rings. The molecule has 2 atom stereocenters. The van der Waals surface area contributed by atoms with Crippen LogP contribution in [0.4, 0.5) is 0 Å². The van der Waals surface area contributed by atoms with Crippen LogP contribution in [-0.4, -0.2) is 40.1 Å². The van der Waals surface area contributed by atoms with Gasteiger partial charge in [-0.1, -0.05) is 0 Å². The van der Waals surface area contributed by atoms with Crippen molar-refractivity contribution in [3.8, 4) is 0 Å². The third-order valence-corrected chi connectivity index (χ3v) is 3.74. The molecule has 0 spiro atoms. The second-order valence-electron chi connectivity index (χ2n) is 3.26. The van der Waals surface area contributed by atoms with Crippen LogP contribution in [0, 0.1) is 0 Å². The maximum Gasteiger partial charge on any atom is 0.148 e. The number of hydrogen-bond donors (Lipinski definition) is 1. The summed E-state index contributed by atoms with van der Waals surface area (Å²) in [4.78, 5) is 0. The Bertz CT molecular complexity index is 206. The highest BCUT2D eigenvalue weighted by molar-refractivity contribution is 7.73. The summed E-state index contributed by atoms with van der Waals surface area (Å²) in [5.74, 6) is 0. The average molecular weight is 208 g/mol. The molecule has 13 heavy (non-hydrogen) atoms. The highest BCUT2D eigenvalue weighted by atomic mass is 32.2. The fourth-order valence-corrected chi connectivity index (χ4v) is 2.97. The molecular formula is C8H16O4S. The first-order valence-corrected chi connectivity index (χ1v) is 5.64. The van der Waals surface area contributed by atoms with Crippen molar-refractivity contribution in [1.82, 2.24) is 0 Å². The van der Waals surface area contributed by atoms with E-state index in [2.05, 4.69) is 0 Å². The minimum atomic E-state index is -2.46. The summed E-state index contributed by atoms with van der Waals surface area (Å²) in [7, 11) is 0.641.